The first-order valence-corrected chi connectivity index (χ1v) is 4.93. The smallest absolute Gasteiger partial charge is 0.246 e. The lowest BCUT2D eigenvalue weighted by Gasteiger charge is -2.19. The summed E-state index contributed by atoms with van der Waals surface area (Å²) in [6.07, 6.45) is 0. The van der Waals surface area contributed by atoms with Gasteiger partial charge >= 0.3 is 0 Å². The maximum atomic E-state index is 11.2. The molecule has 0 aliphatic rings. The van der Waals surface area contributed by atoms with Crippen molar-refractivity contribution in [3.63, 3.8) is 0 Å². The van der Waals surface area contributed by atoms with Gasteiger partial charge in [-0.2, -0.15) is 0 Å². The van der Waals surface area contributed by atoms with Crippen molar-refractivity contribution in [3.05, 3.63) is 0 Å². The van der Waals surface area contributed by atoms with Crippen molar-refractivity contribution in [1.29, 1.82) is 0 Å². The Labute approximate surface area is 86.4 Å². The number of likely N-dealkylation sites (N-methyl/N-ethyl adjacent to an activating group) is 1. The Hall–Kier alpha value is -0.610. The lowest BCUT2D eigenvalue weighted by atomic mass is 10.2. The molecular weight excluding hydrogens is 180 g/mol. The zero-order valence-electron chi connectivity index (χ0n) is 9.81. The van der Waals surface area contributed by atoms with Crippen molar-refractivity contribution >= 4 is 5.91 Å². The molecule has 0 radical (unpaired) electrons. The highest BCUT2D eigenvalue weighted by molar-refractivity contribution is 5.77. The van der Waals surface area contributed by atoms with E-state index in [0.717, 1.165) is 0 Å². The topological polar surface area (TPSA) is 50.4 Å². The normalized spacial score (nSPS) is 13.8. The molecule has 4 heteroatoms. The van der Waals surface area contributed by atoms with E-state index in [0.29, 0.717) is 6.54 Å². The van der Waals surface area contributed by atoms with Crippen molar-refractivity contribution in [2.45, 2.75) is 39.3 Å². The number of hydrogen-bond donors (Lipinski definition) is 2. The van der Waals surface area contributed by atoms with Gasteiger partial charge in [-0.1, -0.05) is 0 Å². The fourth-order valence-electron chi connectivity index (χ4n) is 0.702. The number of amides is 1. The summed E-state index contributed by atoms with van der Waals surface area (Å²) in [4.78, 5) is 11.2. The van der Waals surface area contributed by atoms with Gasteiger partial charge < -0.3 is 15.4 Å². The van der Waals surface area contributed by atoms with Gasteiger partial charge in [0, 0.05) is 12.6 Å². The Balaban J connectivity index is 3.57. The highest BCUT2D eigenvalue weighted by Gasteiger charge is 2.12. The second kappa shape index (κ2) is 5.98. The molecule has 2 N–H and O–H groups in total. The Kier molecular flexibility index (Phi) is 5.72. The fourth-order valence-corrected chi connectivity index (χ4v) is 0.702. The van der Waals surface area contributed by atoms with Crippen molar-refractivity contribution in [1.82, 2.24) is 10.6 Å². The van der Waals surface area contributed by atoms with Crippen molar-refractivity contribution < 1.29 is 9.53 Å². The van der Waals surface area contributed by atoms with Crippen LogP contribution in [0.25, 0.3) is 0 Å². The summed E-state index contributed by atoms with van der Waals surface area (Å²) in [7, 11) is 1.86. The van der Waals surface area contributed by atoms with Crippen molar-refractivity contribution in [2.75, 3.05) is 20.2 Å². The van der Waals surface area contributed by atoms with Crippen LogP contribution >= 0.6 is 0 Å². The lowest BCUT2D eigenvalue weighted by Crippen LogP contribution is -2.39. The highest BCUT2D eigenvalue weighted by Crippen LogP contribution is 2.05. The monoisotopic (exact) mass is 202 g/mol. The Morgan fingerprint density at radius 3 is 2.43 bits per heavy atom. The van der Waals surface area contributed by atoms with Gasteiger partial charge in [0.25, 0.3) is 0 Å². The second-order valence-corrected chi connectivity index (χ2v) is 4.39. The van der Waals surface area contributed by atoms with Gasteiger partial charge in [0.2, 0.25) is 5.91 Å². The van der Waals surface area contributed by atoms with E-state index in [1.807, 2.05) is 34.7 Å². The average molecular weight is 202 g/mol. The third-order valence-electron chi connectivity index (χ3n) is 1.73. The van der Waals surface area contributed by atoms with E-state index in [9.17, 15) is 4.79 Å². The molecule has 0 rings (SSSR count). The Morgan fingerprint density at radius 1 is 1.43 bits per heavy atom. The molecule has 0 fully saturated rings. The Morgan fingerprint density at radius 2 is 2.00 bits per heavy atom. The fraction of sp³-hybridized carbons (Fsp3) is 0.900. The first-order valence-electron chi connectivity index (χ1n) is 4.93. The molecule has 0 bridgehead atoms. The molecule has 0 aliphatic carbocycles. The van der Waals surface area contributed by atoms with Crippen LogP contribution in [0.2, 0.25) is 0 Å². The van der Waals surface area contributed by atoms with E-state index < -0.39 is 0 Å². The molecule has 0 saturated carbocycles. The number of hydrogen-bond acceptors (Lipinski definition) is 3. The number of carbonyl (C=O) groups is 1. The summed E-state index contributed by atoms with van der Waals surface area (Å²) >= 11 is 0. The molecule has 0 aromatic carbocycles. The number of carbonyl (C=O) groups excluding carboxylic acids is 1. The van der Waals surface area contributed by atoms with Gasteiger partial charge in [-0.05, 0) is 34.7 Å². The highest BCUT2D eigenvalue weighted by atomic mass is 16.5. The van der Waals surface area contributed by atoms with Crippen LogP contribution in [0.3, 0.4) is 0 Å². The molecule has 1 atom stereocenters. The molecule has 0 aromatic heterocycles. The molecule has 0 aromatic rings. The Bertz CT molecular complexity index is 175. The third-order valence-corrected chi connectivity index (χ3v) is 1.73. The van der Waals surface area contributed by atoms with E-state index >= 15 is 0 Å². The summed E-state index contributed by atoms with van der Waals surface area (Å²) in [5, 5.41) is 5.82. The summed E-state index contributed by atoms with van der Waals surface area (Å²) in [6, 6.07) is 0.286. The maximum Gasteiger partial charge on any atom is 0.246 e. The van der Waals surface area contributed by atoms with Crippen LogP contribution in [0, 0.1) is 0 Å². The van der Waals surface area contributed by atoms with E-state index in [-0.39, 0.29) is 24.2 Å². The summed E-state index contributed by atoms with van der Waals surface area (Å²) in [5.74, 6) is -0.0676. The van der Waals surface area contributed by atoms with Gasteiger partial charge in [-0.25, -0.2) is 0 Å². The van der Waals surface area contributed by atoms with Crippen molar-refractivity contribution in [2.24, 2.45) is 0 Å². The van der Waals surface area contributed by atoms with Crippen LogP contribution in [-0.2, 0) is 9.53 Å². The summed E-state index contributed by atoms with van der Waals surface area (Å²) < 4.78 is 5.32. The number of rotatable bonds is 5. The molecule has 4 nitrogen and oxygen atoms in total. The van der Waals surface area contributed by atoms with Crippen LogP contribution in [0.15, 0.2) is 0 Å². The first kappa shape index (κ1) is 13.4. The number of ether oxygens (including phenoxy) is 1. The summed E-state index contributed by atoms with van der Waals surface area (Å²) in [6.45, 7) is 8.54. The first-order chi connectivity index (χ1) is 6.35. The molecule has 84 valence electrons. The zero-order chi connectivity index (χ0) is 11.2. The SMILES string of the molecule is CNC(C)CNC(=O)COC(C)(C)C. The molecule has 0 aliphatic heterocycles. The minimum absolute atomic E-state index is 0.0676. The van der Waals surface area contributed by atoms with Crippen LogP contribution < -0.4 is 10.6 Å². The van der Waals surface area contributed by atoms with Gasteiger partial charge in [0.15, 0.2) is 0 Å². The summed E-state index contributed by atoms with van der Waals surface area (Å²) in [5.41, 5.74) is -0.258. The largest absolute Gasteiger partial charge is 0.366 e. The van der Waals surface area contributed by atoms with Crippen molar-refractivity contribution in [3.8, 4) is 0 Å². The third kappa shape index (κ3) is 8.01. The zero-order valence-corrected chi connectivity index (χ0v) is 9.81. The van der Waals surface area contributed by atoms with Crippen LogP contribution in [-0.4, -0.2) is 37.7 Å². The molecule has 0 saturated heterocycles. The van der Waals surface area contributed by atoms with E-state index in [1.165, 1.54) is 0 Å². The van der Waals surface area contributed by atoms with Gasteiger partial charge in [-0.3, -0.25) is 4.79 Å². The van der Waals surface area contributed by atoms with Gasteiger partial charge in [0.1, 0.15) is 6.61 Å². The lowest BCUT2D eigenvalue weighted by molar-refractivity contribution is -0.130. The van der Waals surface area contributed by atoms with E-state index in [2.05, 4.69) is 10.6 Å². The van der Waals surface area contributed by atoms with Gasteiger partial charge in [-0.15, -0.1) is 0 Å². The quantitative estimate of drug-likeness (QED) is 0.683. The minimum Gasteiger partial charge on any atom is -0.366 e. The predicted octanol–water partition coefficient (Wildman–Crippen LogP) is 0.526. The number of nitrogens with one attached hydrogen (secondary N) is 2. The van der Waals surface area contributed by atoms with Crippen LogP contribution in [0.1, 0.15) is 27.7 Å². The molecule has 0 spiro atoms. The molecule has 14 heavy (non-hydrogen) atoms. The molecular formula is C10H22N2O2. The van der Waals surface area contributed by atoms with Crippen LogP contribution in [0.4, 0.5) is 0 Å². The van der Waals surface area contributed by atoms with E-state index in [4.69, 9.17) is 4.74 Å². The molecule has 1 amide bonds. The standard InChI is InChI=1S/C10H22N2O2/c1-8(11-5)6-12-9(13)7-14-10(2,3)4/h8,11H,6-7H2,1-5H3,(H,12,13). The van der Waals surface area contributed by atoms with E-state index in [1.54, 1.807) is 0 Å². The second-order valence-electron chi connectivity index (χ2n) is 4.39. The molecule has 0 heterocycles. The molecule has 1 unspecified atom stereocenters. The van der Waals surface area contributed by atoms with Gasteiger partial charge in [0.05, 0.1) is 5.60 Å². The predicted molar refractivity (Wildman–Crippen MR) is 57.2 cm³/mol. The minimum atomic E-state index is -0.258. The maximum absolute atomic E-state index is 11.2. The average Bonchev–Trinajstić information content (AvgIpc) is 2.09. The van der Waals surface area contributed by atoms with Crippen LogP contribution in [0.5, 0.6) is 0 Å².